The minimum Gasteiger partial charge on any atom is -0.382 e. The molecule has 5 nitrogen and oxygen atoms in total. The summed E-state index contributed by atoms with van der Waals surface area (Å²) in [6.07, 6.45) is 1.17. The third-order valence-electron chi connectivity index (χ3n) is 2.91. The molecule has 0 heterocycles. The van der Waals surface area contributed by atoms with Crippen LogP contribution < -0.4 is 11.1 Å². The average molecular weight is 280 g/mol. The Labute approximate surface area is 120 Å². The van der Waals surface area contributed by atoms with Crippen LogP contribution in [0.15, 0.2) is 24.3 Å². The van der Waals surface area contributed by atoms with E-state index in [0.29, 0.717) is 39.3 Å². The maximum atomic E-state index is 11.8. The maximum Gasteiger partial charge on any atom is 0.224 e. The number of hydrogen-bond acceptors (Lipinski definition) is 4. The van der Waals surface area contributed by atoms with Gasteiger partial charge in [0.25, 0.3) is 0 Å². The third kappa shape index (κ3) is 6.65. The lowest BCUT2D eigenvalue weighted by Crippen LogP contribution is -2.27. The van der Waals surface area contributed by atoms with Crippen molar-refractivity contribution in [2.75, 3.05) is 33.5 Å². The molecule has 3 N–H and O–H groups in total. The van der Waals surface area contributed by atoms with Crippen molar-refractivity contribution in [3.8, 4) is 0 Å². The summed E-state index contributed by atoms with van der Waals surface area (Å²) < 4.78 is 10.2. The van der Waals surface area contributed by atoms with Crippen LogP contribution in [0.3, 0.4) is 0 Å². The van der Waals surface area contributed by atoms with Gasteiger partial charge in [-0.3, -0.25) is 4.79 Å². The van der Waals surface area contributed by atoms with Crippen LogP contribution in [0.2, 0.25) is 0 Å². The molecule has 0 aliphatic carbocycles. The van der Waals surface area contributed by atoms with Gasteiger partial charge in [0, 0.05) is 26.8 Å². The van der Waals surface area contributed by atoms with Gasteiger partial charge < -0.3 is 20.5 Å². The molecule has 0 saturated heterocycles. The molecule has 0 saturated carbocycles. The first-order chi connectivity index (χ1) is 9.77. The van der Waals surface area contributed by atoms with Gasteiger partial charge in [-0.2, -0.15) is 0 Å². The summed E-state index contributed by atoms with van der Waals surface area (Å²) in [6.45, 7) is 2.90. The number of carbonyl (C=O) groups is 1. The molecule has 0 bridgehead atoms. The van der Waals surface area contributed by atoms with E-state index in [9.17, 15) is 4.79 Å². The Bertz CT molecular complexity index is 396. The molecule has 112 valence electrons. The van der Waals surface area contributed by atoms with Crippen molar-refractivity contribution >= 4 is 5.91 Å². The molecular formula is C15H24N2O3. The fourth-order valence-electron chi connectivity index (χ4n) is 1.81. The molecule has 1 aromatic rings. The summed E-state index contributed by atoms with van der Waals surface area (Å²) in [4.78, 5) is 11.8. The summed E-state index contributed by atoms with van der Waals surface area (Å²) in [6, 6.07) is 7.74. The van der Waals surface area contributed by atoms with Crippen molar-refractivity contribution in [1.29, 1.82) is 0 Å². The molecule has 1 aromatic carbocycles. The SMILES string of the molecule is COCCOCCCNC(=O)Cc1ccccc1CN. The van der Waals surface area contributed by atoms with Gasteiger partial charge in [0.05, 0.1) is 19.6 Å². The minimum absolute atomic E-state index is 0.0165. The highest BCUT2D eigenvalue weighted by atomic mass is 16.5. The van der Waals surface area contributed by atoms with Crippen LogP contribution in [0.25, 0.3) is 0 Å². The topological polar surface area (TPSA) is 73.6 Å². The first kappa shape index (κ1) is 16.6. The van der Waals surface area contributed by atoms with Crippen molar-refractivity contribution in [2.45, 2.75) is 19.4 Å². The molecule has 5 heteroatoms. The molecule has 20 heavy (non-hydrogen) atoms. The zero-order valence-electron chi connectivity index (χ0n) is 12.1. The summed E-state index contributed by atoms with van der Waals surface area (Å²) in [5, 5.41) is 2.88. The fourth-order valence-corrected chi connectivity index (χ4v) is 1.81. The lowest BCUT2D eigenvalue weighted by Gasteiger charge is -2.09. The van der Waals surface area contributed by atoms with E-state index in [1.807, 2.05) is 24.3 Å². The molecule has 1 amide bonds. The maximum absolute atomic E-state index is 11.8. The van der Waals surface area contributed by atoms with Crippen LogP contribution >= 0.6 is 0 Å². The van der Waals surface area contributed by atoms with Gasteiger partial charge in [0.2, 0.25) is 5.91 Å². The first-order valence-electron chi connectivity index (χ1n) is 6.88. The van der Waals surface area contributed by atoms with Crippen molar-refractivity contribution in [2.24, 2.45) is 5.73 Å². The Morgan fingerprint density at radius 2 is 1.95 bits per heavy atom. The van der Waals surface area contributed by atoms with Crippen LogP contribution in [-0.2, 0) is 27.2 Å². The number of hydrogen-bond donors (Lipinski definition) is 2. The Morgan fingerprint density at radius 1 is 1.20 bits per heavy atom. The number of nitrogens with two attached hydrogens (primary N) is 1. The lowest BCUT2D eigenvalue weighted by atomic mass is 10.0. The molecule has 0 spiro atoms. The van der Waals surface area contributed by atoms with Crippen LogP contribution in [0, 0.1) is 0 Å². The molecule has 0 aliphatic rings. The van der Waals surface area contributed by atoms with Crippen LogP contribution in [0.1, 0.15) is 17.5 Å². The molecule has 0 unspecified atom stereocenters. The summed E-state index contributed by atoms with van der Waals surface area (Å²) in [5.41, 5.74) is 7.66. The Kier molecular flexibility index (Phi) is 8.62. The average Bonchev–Trinajstić information content (AvgIpc) is 2.47. The van der Waals surface area contributed by atoms with Crippen molar-refractivity contribution in [3.63, 3.8) is 0 Å². The van der Waals surface area contributed by atoms with E-state index in [1.54, 1.807) is 7.11 Å². The number of carbonyl (C=O) groups excluding carboxylic acids is 1. The van der Waals surface area contributed by atoms with Gasteiger partial charge in [0.15, 0.2) is 0 Å². The molecule has 0 radical (unpaired) electrons. The standard InChI is InChI=1S/C15H24N2O3/c1-19-9-10-20-8-4-7-17-15(18)11-13-5-2-3-6-14(13)12-16/h2-3,5-6H,4,7-12,16H2,1H3,(H,17,18). The monoisotopic (exact) mass is 280 g/mol. The van der Waals surface area contributed by atoms with E-state index in [-0.39, 0.29) is 5.91 Å². The van der Waals surface area contributed by atoms with E-state index in [1.165, 1.54) is 0 Å². The predicted octanol–water partition coefficient (Wildman–Crippen LogP) is 0.857. The molecule has 0 aromatic heterocycles. The number of benzene rings is 1. The van der Waals surface area contributed by atoms with E-state index in [0.717, 1.165) is 17.5 Å². The minimum atomic E-state index is 0.0165. The van der Waals surface area contributed by atoms with Crippen LogP contribution in [0.5, 0.6) is 0 Å². The van der Waals surface area contributed by atoms with Crippen molar-refractivity contribution in [3.05, 3.63) is 35.4 Å². The second kappa shape index (κ2) is 10.4. The Morgan fingerprint density at radius 3 is 2.65 bits per heavy atom. The van der Waals surface area contributed by atoms with E-state index >= 15 is 0 Å². The molecule has 1 rings (SSSR count). The quantitative estimate of drug-likeness (QED) is 0.623. The normalized spacial score (nSPS) is 10.5. The second-order valence-corrected chi connectivity index (χ2v) is 4.46. The number of ether oxygens (including phenoxy) is 2. The van der Waals surface area contributed by atoms with Crippen molar-refractivity contribution < 1.29 is 14.3 Å². The Hall–Kier alpha value is -1.43. The number of amides is 1. The summed E-state index contributed by atoms with van der Waals surface area (Å²) in [7, 11) is 1.64. The highest BCUT2D eigenvalue weighted by molar-refractivity contribution is 5.78. The van der Waals surface area contributed by atoms with Gasteiger partial charge in [-0.15, -0.1) is 0 Å². The third-order valence-corrected chi connectivity index (χ3v) is 2.91. The predicted molar refractivity (Wildman–Crippen MR) is 78.4 cm³/mol. The van der Waals surface area contributed by atoms with Crippen molar-refractivity contribution in [1.82, 2.24) is 5.32 Å². The largest absolute Gasteiger partial charge is 0.382 e. The second-order valence-electron chi connectivity index (χ2n) is 4.46. The number of nitrogens with one attached hydrogen (secondary N) is 1. The van der Waals surface area contributed by atoms with E-state index < -0.39 is 0 Å². The van der Waals surface area contributed by atoms with Gasteiger partial charge in [-0.25, -0.2) is 0 Å². The Balaban J connectivity index is 2.17. The molecule has 0 fully saturated rings. The van der Waals surface area contributed by atoms with Gasteiger partial charge in [0.1, 0.15) is 0 Å². The fraction of sp³-hybridized carbons (Fsp3) is 0.533. The first-order valence-corrected chi connectivity index (χ1v) is 6.88. The van der Waals surface area contributed by atoms with Gasteiger partial charge >= 0.3 is 0 Å². The summed E-state index contributed by atoms with van der Waals surface area (Å²) in [5.74, 6) is 0.0165. The van der Waals surface area contributed by atoms with E-state index in [4.69, 9.17) is 15.2 Å². The molecule has 0 atom stereocenters. The highest BCUT2D eigenvalue weighted by Gasteiger charge is 2.06. The van der Waals surface area contributed by atoms with Gasteiger partial charge in [-0.05, 0) is 17.5 Å². The van der Waals surface area contributed by atoms with Crippen LogP contribution in [0.4, 0.5) is 0 Å². The summed E-state index contributed by atoms with van der Waals surface area (Å²) >= 11 is 0. The van der Waals surface area contributed by atoms with Gasteiger partial charge in [-0.1, -0.05) is 24.3 Å². The number of rotatable bonds is 10. The molecular weight excluding hydrogens is 256 g/mol. The smallest absolute Gasteiger partial charge is 0.224 e. The van der Waals surface area contributed by atoms with Crippen LogP contribution in [-0.4, -0.2) is 39.4 Å². The lowest BCUT2D eigenvalue weighted by molar-refractivity contribution is -0.120. The zero-order valence-corrected chi connectivity index (χ0v) is 12.1. The number of methoxy groups -OCH3 is 1. The molecule has 0 aliphatic heterocycles. The highest BCUT2D eigenvalue weighted by Crippen LogP contribution is 2.08. The zero-order chi connectivity index (χ0) is 14.6. The van der Waals surface area contributed by atoms with E-state index in [2.05, 4.69) is 5.32 Å².